The summed E-state index contributed by atoms with van der Waals surface area (Å²) in [6.07, 6.45) is 1.44. The Labute approximate surface area is 205 Å². The van der Waals surface area contributed by atoms with E-state index in [9.17, 15) is 9.59 Å². The average molecular weight is 469 g/mol. The summed E-state index contributed by atoms with van der Waals surface area (Å²) < 4.78 is 5.16. The van der Waals surface area contributed by atoms with Crippen molar-refractivity contribution in [3.05, 3.63) is 89.0 Å². The molecule has 7 nitrogen and oxygen atoms in total. The molecule has 3 aromatic rings. The summed E-state index contributed by atoms with van der Waals surface area (Å²) in [6.45, 7) is 2.37. The van der Waals surface area contributed by atoms with Gasteiger partial charge in [0.2, 0.25) is 5.91 Å². The normalized spacial score (nSPS) is 14.2. The molecule has 0 atom stereocenters. The molecule has 0 spiro atoms. The Morgan fingerprint density at radius 1 is 1.06 bits per heavy atom. The first-order valence-electron chi connectivity index (χ1n) is 11.6. The highest BCUT2D eigenvalue weighted by Crippen LogP contribution is 2.29. The van der Waals surface area contributed by atoms with E-state index < -0.39 is 0 Å². The van der Waals surface area contributed by atoms with E-state index in [0.29, 0.717) is 33.8 Å². The first kappa shape index (κ1) is 24.0. The van der Waals surface area contributed by atoms with Gasteiger partial charge in [-0.25, -0.2) is 0 Å². The molecule has 1 saturated heterocycles. The van der Waals surface area contributed by atoms with Crippen LogP contribution in [0.25, 0.3) is 0 Å². The zero-order valence-corrected chi connectivity index (χ0v) is 19.7. The van der Waals surface area contributed by atoms with Gasteiger partial charge in [-0.2, -0.15) is 5.26 Å². The number of para-hydroxylation sites is 1. The molecule has 0 unspecified atom stereocenters. The zero-order valence-electron chi connectivity index (χ0n) is 19.7. The summed E-state index contributed by atoms with van der Waals surface area (Å²) in [7, 11) is 1.57. The quantitative estimate of drug-likeness (QED) is 0.397. The first-order chi connectivity index (χ1) is 17.0. The number of amides is 1. The number of benzene rings is 3. The van der Waals surface area contributed by atoms with Gasteiger partial charge in [0.15, 0.2) is 5.78 Å². The van der Waals surface area contributed by atoms with Crippen LogP contribution in [0.3, 0.4) is 0 Å². The molecule has 0 aliphatic carbocycles. The van der Waals surface area contributed by atoms with E-state index in [2.05, 4.69) is 16.3 Å². The standard InChI is InChI=1S/C28H28N4O3/c1-35-23-11-9-21(10-12-23)27(33)24-3-2-4-25(30)26(24)31-28(34)22-13-15-32(16-14-22)18-20-7-5-19(17-29)6-8-20/h2-12,22H,13-16,18,30H2,1H3,(H,31,34). The highest BCUT2D eigenvalue weighted by Gasteiger charge is 2.27. The van der Waals surface area contributed by atoms with E-state index in [-0.39, 0.29) is 17.6 Å². The van der Waals surface area contributed by atoms with Gasteiger partial charge < -0.3 is 15.8 Å². The van der Waals surface area contributed by atoms with Crippen LogP contribution < -0.4 is 15.8 Å². The minimum atomic E-state index is -0.215. The minimum Gasteiger partial charge on any atom is -0.497 e. The number of nitrogens with two attached hydrogens (primary N) is 1. The second-order valence-electron chi connectivity index (χ2n) is 8.68. The van der Waals surface area contributed by atoms with E-state index in [1.807, 2.05) is 24.3 Å². The summed E-state index contributed by atoms with van der Waals surface area (Å²) in [6, 6.07) is 21.6. The van der Waals surface area contributed by atoms with Crippen LogP contribution in [0.4, 0.5) is 11.4 Å². The smallest absolute Gasteiger partial charge is 0.227 e. The van der Waals surface area contributed by atoms with Crippen LogP contribution in [0.2, 0.25) is 0 Å². The maximum absolute atomic E-state index is 13.2. The van der Waals surface area contributed by atoms with E-state index in [4.69, 9.17) is 15.7 Å². The van der Waals surface area contributed by atoms with Crippen LogP contribution in [0.1, 0.15) is 39.9 Å². The highest BCUT2D eigenvalue weighted by atomic mass is 16.5. The molecular formula is C28H28N4O3. The highest BCUT2D eigenvalue weighted by molar-refractivity contribution is 6.15. The maximum Gasteiger partial charge on any atom is 0.227 e. The Morgan fingerprint density at radius 3 is 2.37 bits per heavy atom. The number of nitrogen functional groups attached to an aromatic ring is 1. The van der Waals surface area contributed by atoms with Crippen molar-refractivity contribution in [1.82, 2.24) is 4.90 Å². The Morgan fingerprint density at radius 2 is 1.74 bits per heavy atom. The predicted molar refractivity (Wildman–Crippen MR) is 135 cm³/mol. The fraction of sp³-hybridized carbons (Fsp3) is 0.250. The lowest BCUT2D eigenvalue weighted by molar-refractivity contribution is -0.121. The molecule has 1 heterocycles. The molecule has 0 aromatic heterocycles. The molecular weight excluding hydrogens is 440 g/mol. The molecule has 35 heavy (non-hydrogen) atoms. The number of nitriles is 1. The third kappa shape index (κ3) is 5.68. The van der Waals surface area contributed by atoms with Gasteiger partial charge in [-0.1, -0.05) is 18.2 Å². The lowest BCUT2D eigenvalue weighted by Crippen LogP contribution is -2.38. The zero-order chi connectivity index (χ0) is 24.8. The van der Waals surface area contributed by atoms with Crippen molar-refractivity contribution in [3.63, 3.8) is 0 Å². The minimum absolute atomic E-state index is 0.121. The molecule has 7 heteroatoms. The monoisotopic (exact) mass is 468 g/mol. The number of ketones is 1. The van der Waals surface area contributed by atoms with Crippen LogP contribution in [0, 0.1) is 17.2 Å². The third-order valence-electron chi connectivity index (χ3n) is 6.39. The van der Waals surface area contributed by atoms with Crippen LogP contribution in [-0.4, -0.2) is 36.8 Å². The third-order valence-corrected chi connectivity index (χ3v) is 6.39. The molecule has 3 aromatic carbocycles. The number of nitrogens with one attached hydrogen (secondary N) is 1. The van der Waals surface area contributed by atoms with Crippen LogP contribution in [-0.2, 0) is 11.3 Å². The SMILES string of the molecule is COc1ccc(C(=O)c2cccc(N)c2NC(=O)C2CCN(Cc3ccc(C#N)cc3)CC2)cc1. The van der Waals surface area contributed by atoms with Crippen LogP contribution in [0.5, 0.6) is 5.75 Å². The number of ether oxygens (including phenoxy) is 1. The Bertz CT molecular complexity index is 1240. The number of anilines is 2. The van der Waals surface area contributed by atoms with Gasteiger partial charge in [0, 0.05) is 23.6 Å². The molecule has 1 amide bonds. The second kappa shape index (κ2) is 10.9. The predicted octanol–water partition coefficient (Wildman–Crippen LogP) is 4.23. The van der Waals surface area contributed by atoms with Crippen molar-refractivity contribution in [1.29, 1.82) is 5.26 Å². The molecule has 1 aliphatic rings. The molecule has 0 saturated carbocycles. The lowest BCUT2D eigenvalue weighted by atomic mass is 9.94. The van der Waals surface area contributed by atoms with Gasteiger partial charge in [0.1, 0.15) is 5.75 Å². The number of nitrogens with zero attached hydrogens (tertiary/aromatic N) is 2. The number of piperidine rings is 1. The van der Waals surface area contributed by atoms with Gasteiger partial charge in [-0.3, -0.25) is 14.5 Å². The Kier molecular flexibility index (Phi) is 7.44. The van der Waals surface area contributed by atoms with Gasteiger partial charge >= 0.3 is 0 Å². The molecule has 1 fully saturated rings. The topological polar surface area (TPSA) is 108 Å². The molecule has 1 aliphatic heterocycles. The Balaban J connectivity index is 1.40. The van der Waals surface area contributed by atoms with Crippen LogP contribution >= 0.6 is 0 Å². The van der Waals surface area contributed by atoms with Crippen molar-refractivity contribution in [2.24, 2.45) is 5.92 Å². The van der Waals surface area contributed by atoms with Crippen molar-refractivity contribution in [3.8, 4) is 11.8 Å². The summed E-state index contributed by atoms with van der Waals surface area (Å²) in [5, 5.41) is 11.9. The van der Waals surface area contributed by atoms with Crippen molar-refractivity contribution in [2.75, 3.05) is 31.2 Å². The number of likely N-dealkylation sites (tertiary alicyclic amines) is 1. The summed E-state index contributed by atoms with van der Waals surface area (Å²) >= 11 is 0. The average Bonchev–Trinajstić information content (AvgIpc) is 2.90. The molecule has 0 radical (unpaired) electrons. The van der Waals surface area contributed by atoms with Crippen LogP contribution in [0.15, 0.2) is 66.7 Å². The van der Waals surface area contributed by atoms with Crippen molar-refractivity contribution in [2.45, 2.75) is 19.4 Å². The fourth-order valence-electron chi connectivity index (χ4n) is 4.32. The number of rotatable bonds is 7. The summed E-state index contributed by atoms with van der Waals surface area (Å²) in [5.41, 5.74) is 9.53. The molecule has 3 N–H and O–H groups in total. The summed E-state index contributed by atoms with van der Waals surface area (Å²) in [5.74, 6) is 0.168. The molecule has 0 bridgehead atoms. The van der Waals surface area contributed by atoms with Gasteiger partial charge in [-0.05, 0) is 80.0 Å². The van der Waals surface area contributed by atoms with Gasteiger partial charge in [0.05, 0.1) is 30.1 Å². The molecule has 178 valence electrons. The first-order valence-corrected chi connectivity index (χ1v) is 11.6. The van der Waals surface area contributed by atoms with Gasteiger partial charge in [-0.15, -0.1) is 0 Å². The van der Waals surface area contributed by atoms with E-state index in [1.54, 1.807) is 49.6 Å². The number of carbonyl (C=O) groups is 2. The van der Waals surface area contributed by atoms with Gasteiger partial charge in [0.25, 0.3) is 0 Å². The number of hydrogen-bond donors (Lipinski definition) is 2. The van der Waals surface area contributed by atoms with E-state index >= 15 is 0 Å². The van der Waals surface area contributed by atoms with E-state index in [1.165, 1.54) is 0 Å². The number of methoxy groups -OCH3 is 1. The van der Waals surface area contributed by atoms with Crippen molar-refractivity contribution >= 4 is 23.1 Å². The lowest BCUT2D eigenvalue weighted by Gasteiger charge is -2.31. The fourth-order valence-corrected chi connectivity index (χ4v) is 4.32. The maximum atomic E-state index is 13.2. The Hall–Kier alpha value is -4.15. The second-order valence-corrected chi connectivity index (χ2v) is 8.68. The molecule has 4 rings (SSSR count). The summed E-state index contributed by atoms with van der Waals surface area (Å²) in [4.78, 5) is 28.6. The van der Waals surface area contributed by atoms with Crippen molar-refractivity contribution < 1.29 is 14.3 Å². The van der Waals surface area contributed by atoms with E-state index in [0.717, 1.165) is 38.0 Å². The number of carbonyl (C=O) groups excluding carboxylic acids is 2. The number of hydrogen-bond acceptors (Lipinski definition) is 6. The largest absolute Gasteiger partial charge is 0.497 e.